The van der Waals surface area contributed by atoms with E-state index in [4.69, 9.17) is 10.0 Å². The van der Waals surface area contributed by atoms with Gasteiger partial charge in [-0.25, -0.2) is 0 Å². The molecule has 0 aliphatic carbocycles. The van der Waals surface area contributed by atoms with Crippen LogP contribution in [0.5, 0.6) is 0 Å². The van der Waals surface area contributed by atoms with Crippen LogP contribution in [0.4, 0.5) is 0 Å². The number of hydrogen-bond donors (Lipinski definition) is 2. The van der Waals surface area contributed by atoms with E-state index >= 15 is 0 Å². The quantitative estimate of drug-likeness (QED) is 0.630. The Morgan fingerprint density at radius 1 is 0.857 bits per heavy atom. The van der Waals surface area contributed by atoms with Crippen LogP contribution in [0.3, 0.4) is 0 Å². The highest BCUT2D eigenvalue weighted by Gasteiger charge is 2.10. The Morgan fingerprint density at radius 3 is 1.86 bits per heavy atom. The maximum absolute atomic E-state index is 9.10. The van der Waals surface area contributed by atoms with Gasteiger partial charge in [-0.2, -0.15) is 0 Å². The van der Waals surface area contributed by atoms with Crippen molar-refractivity contribution < 1.29 is 10.0 Å². The summed E-state index contributed by atoms with van der Waals surface area (Å²) < 4.78 is 0. The fraction of sp³-hybridized carbons (Fsp3) is 0.625. The van der Waals surface area contributed by atoms with Crippen molar-refractivity contribution in [1.29, 1.82) is 0 Å². The molecule has 118 valence electrons. The van der Waals surface area contributed by atoms with Crippen molar-refractivity contribution in [2.45, 2.75) is 33.7 Å². The highest BCUT2D eigenvalue weighted by Crippen LogP contribution is 2.05. The molecule has 21 heavy (non-hydrogen) atoms. The first-order valence-corrected chi connectivity index (χ1v) is 8.00. The molecule has 0 saturated carbocycles. The van der Waals surface area contributed by atoms with Gasteiger partial charge in [0, 0.05) is 6.54 Å². The van der Waals surface area contributed by atoms with E-state index in [9.17, 15) is 0 Å². The monoisotopic (exact) mass is 292 g/mol. The van der Waals surface area contributed by atoms with E-state index in [1.165, 1.54) is 12.0 Å². The third-order valence-electron chi connectivity index (χ3n) is 3.97. The minimum atomic E-state index is -1.38. The minimum absolute atomic E-state index is 0.545. The molecule has 4 nitrogen and oxygen atoms in total. The van der Waals surface area contributed by atoms with Crippen LogP contribution in [-0.4, -0.2) is 59.7 Å². The molecule has 5 heteroatoms. The van der Waals surface area contributed by atoms with Gasteiger partial charge in [0.2, 0.25) is 0 Å². The molecule has 0 atom stereocenters. The molecule has 0 radical (unpaired) electrons. The molecule has 0 fully saturated rings. The van der Waals surface area contributed by atoms with Crippen LogP contribution >= 0.6 is 0 Å². The summed E-state index contributed by atoms with van der Waals surface area (Å²) in [6.45, 7) is 13.0. The van der Waals surface area contributed by atoms with Crippen molar-refractivity contribution >= 4 is 12.6 Å². The second kappa shape index (κ2) is 9.95. The standard InChI is InChI=1S/C16H29BN2O2/c1-4-18(5-2)12-7-13-19(6-3)14-15-8-10-16(11-9-15)17(20)21/h8-11,20-21H,4-7,12-14H2,1-3H3. The van der Waals surface area contributed by atoms with Gasteiger partial charge in [0.15, 0.2) is 0 Å². The van der Waals surface area contributed by atoms with Gasteiger partial charge in [-0.3, -0.25) is 4.90 Å². The molecule has 1 aromatic carbocycles. The SMILES string of the molecule is CCN(CC)CCCN(CC)Cc1ccc(B(O)O)cc1. The first-order chi connectivity index (χ1) is 10.1. The molecule has 0 saturated heterocycles. The fourth-order valence-corrected chi connectivity index (χ4v) is 2.46. The van der Waals surface area contributed by atoms with E-state index in [-0.39, 0.29) is 0 Å². The highest BCUT2D eigenvalue weighted by molar-refractivity contribution is 6.58. The third-order valence-corrected chi connectivity index (χ3v) is 3.97. The molecule has 0 bridgehead atoms. The lowest BCUT2D eigenvalue weighted by molar-refractivity contribution is 0.238. The lowest BCUT2D eigenvalue weighted by atomic mass is 9.80. The van der Waals surface area contributed by atoms with E-state index in [1.807, 2.05) is 12.1 Å². The van der Waals surface area contributed by atoms with Gasteiger partial charge < -0.3 is 14.9 Å². The number of nitrogens with zero attached hydrogens (tertiary/aromatic N) is 2. The molecule has 0 heterocycles. The van der Waals surface area contributed by atoms with Crippen molar-refractivity contribution in [2.24, 2.45) is 0 Å². The Kier molecular flexibility index (Phi) is 8.61. The molecular weight excluding hydrogens is 263 g/mol. The van der Waals surface area contributed by atoms with Crippen LogP contribution in [0.25, 0.3) is 0 Å². The summed E-state index contributed by atoms with van der Waals surface area (Å²) in [5.41, 5.74) is 1.76. The molecule has 0 aliphatic heterocycles. The summed E-state index contributed by atoms with van der Waals surface area (Å²) in [5, 5.41) is 18.2. The Morgan fingerprint density at radius 2 is 1.38 bits per heavy atom. The molecule has 1 rings (SSSR count). The van der Waals surface area contributed by atoms with Crippen molar-refractivity contribution in [3.05, 3.63) is 29.8 Å². The molecule has 0 amide bonds. The topological polar surface area (TPSA) is 46.9 Å². The summed E-state index contributed by atoms with van der Waals surface area (Å²) in [5.74, 6) is 0. The van der Waals surface area contributed by atoms with Crippen molar-refractivity contribution in [2.75, 3.05) is 32.7 Å². The zero-order chi connectivity index (χ0) is 15.7. The summed E-state index contributed by atoms with van der Waals surface area (Å²) in [6.07, 6.45) is 1.18. The van der Waals surface area contributed by atoms with Crippen molar-refractivity contribution in [3.8, 4) is 0 Å². The van der Waals surface area contributed by atoms with Crippen LogP contribution in [0.2, 0.25) is 0 Å². The molecule has 1 aromatic rings. The van der Waals surface area contributed by atoms with Crippen LogP contribution in [0.1, 0.15) is 32.8 Å². The zero-order valence-corrected chi connectivity index (χ0v) is 13.6. The van der Waals surface area contributed by atoms with Crippen LogP contribution in [-0.2, 0) is 6.54 Å². The lowest BCUT2D eigenvalue weighted by Crippen LogP contribution is -2.31. The molecule has 0 spiro atoms. The number of benzene rings is 1. The second-order valence-corrected chi connectivity index (χ2v) is 5.36. The van der Waals surface area contributed by atoms with Gasteiger partial charge >= 0.3 is 7.12 Å². The first kappa shape index (κ1) is 18.2. The Hall–Kier alpha value is -0.875. The Labute approximate surface area is 129 Å². The fourth-order valence-electron chi connectivity index (χ4n) is 2.46. The number of hydrogen-bond acceptors (Lipinski definition) is 4. The molecular formula is C16H29BN2O2. The maximum Gasteiger partial charge on any atom is 0.488 e. The smallest absolute Gasteiger partial charge is 0.423 e. The van der Waals surface area contributed by atoms with E-state index in [0.29, 0.717) is 5.46 Å². The maximum atomic E-state index is 9.10. The van der Waals surface area contributed by atoms with E-state index < -0.39 is 7.12 Å². The van der Waals surface area contributed by atoms with Crippen molar-refractivity contribution in [3.63, 3.8) is 0 Å². The van der Waals surface area contributed by atoms with Crippen LogP contribution in [0.15, 0.2) is 24.3 Å². The third kappa shape index (κ3) is 6.61. The van der Waals surface area contributed by atoms with Gasteiger partial charge in [0.1, 0.15) is 0 Å². The van der Waals surface area contributed by atoms with Gasteiger partial charge in [-0.1, -0.05) is 45.0 Å². The van der Waals surface area contributed by atoms with E-state index in [0.717, 1.165) is 39.3 Å². The first-order valence-electron chi connectivity index (χ1n) is 8.00. The lowest BCUT2D eigenvalue weighted by Gasteiger charge is -2.23. The van der Waals surface area contributed by atoms with Gasteiger partial charge in [-0.05, 0) is 50.2 Å². The van der Waals surface area contributed by atoms with Gasteiger partial charge in [-0.15, -0.1) is 0 Å². The van der Waals surface area contributed by atoms with Crippen LogP contribution < -0.4 is 5.46 Å². The Bertz CT molecular complexity index is 380. The average molecular weight is 292 g/mol. The predicted molar refractivity (Wildman–Crippen MR) is 89.6 cm³/mol. The summed E-state index contributed by atoms with van der Waals surface area (Å²) >= 11 is 0. The molecule has 0 unspecified atom stereocenters. The van der Waals surface area contributed by atoms with Crippen molar-refractivity contribution in [1.82, 2.24) is 9.80 Å². The average Bonchev–Trinajstić information content (AvgIpc) is 2.50. The molecule has 0 aromatic heterocycles. The predicted octanol–water partition coefficient (Wildman–Crippen LogP) is 0.920. The zero-order valence-electron chi connectivity index (χ0n) is 13.6. The Balaban J connectivity index is 2.42. The summed E-state index contributed by atoms with van der Waals surface area (Å²) in [7, 11) is -1.38. The normalized spacial score (nSPS) is 11.4. The second-order valence-electron chi connectivity index (χ2n) is 5.36. The number of rotatable bonds is 10. The molecule has 0 aliphatic rings. The largest absolute Gasteiger partial charge is 0.488 e. The summed E-state index contributed by atoms with van der Waals surface area (Å²) in [4.78, 5) is 4.87. The van der Waals surface area contributed by atoms with Gasteiger partial charge in [0.05, 0.1) is 0 Å². The van der Waals surface area contributed by atoms with Crippen LogP contribution in [0, 0.1) is 0 Å². The highest BCUT2D eigenvalue weighted by atomic mass is 16.4. The summed E-state index contributed by atoms with van der Waals surface area (Å²) in [6, 6.07) is 7.51. The minimum Gasteiger partial charge on any atom is -0.423 e. The van der Waals surface area contributed by atoms with E-state index in [1.54, 1.807) is 12.1 Å². The van der Waals surface area contributed by atoms with Gasteiger partial charge in [0.25, 0.3) is 0 Å². The van der Waals surface area contributed by atoms with E-state index in [2.05, 4.69) is 30.6 Å². The molecule has 2 N–H and O–H groups in total.